The van der Waals surface area contributed by atoms with Gasteiger partial charge in [-0.2, -0.15) is 0 Å². The lowest BCUT2D eigenvalue weighted by Gasteiger charge is -2.14. The first-order valence-corrected chi connectivity index (χ1v) is 10.6. The average molecular weight is 468 g/mol. The van der Waals surface area contributed by atoms with Gasteiger partial charge in [0.1, 0.15) is 0 Å². The summed E-state index contributed by atoms with van der Waals surface area (Å²) in [5, 5.41) is 16.3. The zero-order valence-electron chi connectivity index (χ0n) is 17.8. The van der Waals surface area contributed by atoms with Gasteiger partial charge in [-0.05, 0) is 36.2 Å². The summed E-state index contributed by atoms with van der Waals surface area (Å²) in [4.78, 5) is 35.9. The van der Waals surface area contributed by atoms with Crippen molar-refractivity contribution in [2.75, 3.05) is 11.9 Å². The number of hydrogen-bond donors (Lipinski definition) is 2. The SMILES string of the molecule is CCOCc1ccccc1CNC(=O)c1ccccc1NC(=O)c1ccc([N+](=O)[O-])cc1Cl. The largest absolute Gasteiger partial charge is 0.377 e. The van der Waals surface area contributed by atoms with Crippen LogP contribution in [0.25, 0.3) is 0 Å². The van der Waals surface area contributed by atoms with E-state index in [1.807, 2.05) is 31.2 Å². The van der Waals surface area contributed by atoms with Crippen LogP contribution < -0.4 is 10.6 Å². The lowest BCUT2D eigenvalue weighted by atomic mass is 10.1. The van der Waals surface area contributed by atoms with Gasteiger partial charge in [0.05, 0.1) is 33.4 Å². The lowest BCUT2D eigenvalue weighted by molar-refractivity contribution is -0.384. The normalized spacial score (nSPS) is 10.5. The minimum Gasteiger partial charge on any atom is -0.377 e. The number of nitro benzene ring substituents is 1. The van der Waals surface area contributed by atoms with Crippen molar-refractivity contribution >= 4 is 34.8 Å². The maximum absolute atomic E-state index is 12.9. The summed E-state index contributed by atoms with van der Waals surface area (Å²) >= 11 is 6.05. The molecule has 0 radical (unpaired) electrons. The Morgan fingerprint density at radius 1 is 0.970 bits per heavy atom. The standard InChI is InChI=1S/C24H22ClN3O5/c1-2-33-15-17-8-4-3-7-16(17)14-26-23(29)20-9-5-6-10-22(20)27-24(30)19-12-11-18(28(31)32)13-21(19)25/h3-13H,2,14-15H2,1H3,(H,26,29)(H,27,30). The minimum absolute atomic E-state index is 0.0577. The predicted octanol–water partition coefficient (Wildman–Crippen LogP) is 4.97. The van der Waals surface area contributed by atoms with Crippen LogP contribution in [0.3, 0.4) is 0 Å². The summed E-state index contributed by atoms with van der Waals surface area (Å²) < 4.78 is 5.48. The summed E-state index contributed by atoms with van der Waals surface area (Å²) in [6, 6.07) is 17.8. The Balaban J connectivity index is 1.73. The molecular weight excluding hydrogens is 446 g/mol. The van der Waals surface area contributed by atoms with E-state index >= 15 is 0 Å². The lowest BCUT2D eigenvalue weighted by Crippen LogP contribution is -2.25. The molecule has 3 aromatic carbocycles. The molecule has 0 aliphatic carbocycles. The molecule has 3 aromatic rings. The zero-order chi connectivity index (χ0) is 23.8. The van der Waals surface area contributed by atoms with Crippen molar-refractivity contribution in [3.63, 3.8) is 0 Å². The molecule has 0 aromatic heterocycles. The monoisotopic (exact) mass is 467 g/mol. The smallest absolute Gasteiger partial charge is 0.270 e. The minimum atomic E-state index is -0.597. The molecule has 0 spiro atoms. The third-order valence-electron chi connectivity index (χ3n) is 4.85. The molecule has 0 heterocycles. The highest BCUT2D eigenvalue weighted by molar-refractivity contribution is 6.34. The van der Waals surface area contributed by atoms with Gasteiger partial charge in [0.25, 0.3) is 17.5 Å². The maximum atomic E-state index is 12.9. The Bertz CT molecular complexity index is 1180. The first-order chi connectivity index (χ1) is 15.9. The summed E-state index contributed by atoms with van der Waals surface area (Å²) in [7, 11) is 0. The summed E-state index contributed by atoms with van der Waals surface area (Å²) in [5.74, 6) is -0.955. The highest BCUT2D eigenvalue weighted by Crippen LogP contribution is 2.24. The number of non-ortho nitro benzene ring substituents is 1. The van der Waals surface area contributed by atoms with E-state index in [2.05, 4.69) is 10.6 Å². The molecular formula is C24H22ClN3O5. The van der Waals surface area contributed by atoms with E-state index in [-0.39, 0.29) is 33.4 Å². The number of carbonyl (C=O) groups excluding carboxylic acids is 2. The van der Waals surface area contributed by atoms with Crippen molar-refractivity contribution in [2.45, 2.75) is 20.1 Å². The van der Waals surface area contributed by atoms with Gasteiger partial charge in [-0.25, -0.2) is 0 Å². The van der Waals surface area contributed by atoms with Crippen LogP contribution in [-0.2, 0) is 17.9 Å². The van der Waals surface area contributed by atoms with E-state index in [9.17, 15) is 19.7 Å². The Kier molecular flexibility index (Phi) is 8.12. The number of carbonyl (C=O) groups is 2. The van der Waals surface area contributed by atoms with Crippen LogP contribution >= 0.6 is 11.6 Å². The first kappa shape index (κ1) is 23.9. The van der Waals surface area contributed by atoms with Crippen LogP contribution in [0.5, 0.6) is 0 Å². The molecule has 0 unspecified atom stereocenters. The first-order valence-electron chi connectivity index (χ1n) is 10.2. The van der Waals surface area contributed by atoms with Crippen LogP contribution in [0.15, 0.2) is 66.7 Å². The number of ether oxygens (including phenoxy) is 1. The Labute approximate surface area is 195 Å². The Morgan fingerprint density at radius 2 is 1.67 bits per heavy atom. The van der Waals surface area contributed by atoms with Gasteiger partial charge < -0.3 is 15.4 Å². The number of halogens is 1. The van der Waals surface area contributed by atoms with Gasteiger partial charge in [-0.1, -0.05) is 48.0 Å². The second kappa shape index (κ2) is 11.2. The number of amides is 2. The fourth-order valence-corrected chi connectivity index (χ4v) is 3.40. The van der Waals surface area contributed by atoms with Crippen molar-refractivity contribution < 1.29 is 19.2 Å². The van der Waals surface area contributed by atoms with Gasteiger partial charge in [0.15, 0.2) is 0 Å². The summed E-state index contributed by atoms with van der Waals surface area (Å²) in [6.07, 6.45) is 0. The molecule has 8 nitrogen and oxygen atoms in total. The third kappa shape index (κ3) is 6.15. The number of nitro groups is 1. The van der Waals surface area contributed by atoms with E-state index < -0.39 is 10.8 Å². The van der Waals surface area contributed by atoms with Crippen LogP contribution in [0, 0.1) is 10.1 Å². The van der Waals surface area contributed by atoms with Gasteiger partial charge in [-0.15, -0.1) is 0 Å². The fraction of sp³-hybridized carbons (Fsp3) is 0.167. The Hall–Kier alpha value is -3.75. The zero-order valence-corrected chi connectivity index (χ0v) is 18.6. The number of nitrogens with zero attached hydrogens (tertiary/aromatic N) is 1. The predicted molar refractivity (Wildman–Crippen MR) is 125 cm³/mol. The molecule has 0 saturated carbocycles. The van der Waals surface area contributed by atoms with E-state index in [4.69, 9.17) is 16.3 Å². The van der Waals surface area contributed by atoms with Crippen LogP contribution in [0.1, 0.15) is 38.8 Å². The number of nitrogens with one attached hydrogen (secondary N) is 2. The molecule has 2 amide bonds. The van der Waals surface area contributed by atoms with Crippen molar-refractivity contribution in [2.24, 2.45) is 0 Å². The van der Waals surface area contributed by atoms with Crippen molar-refractivity contribution in [1.29, 1.82) is 0 Å². The van der Waals surface area contributed by atoms with Crippen LogP contribution in [-0.4, -0.2) is 23.3 Å². The molecule has 0 aliphatic rings. The van der Waals surface area contributed by atoms with Gasteiger partial charge >= 0.3 is 0 Å². The molecule has 170 valence electrons. The summed E-state index contributed by atoms with van der Waals surface area (Å²) in [5.41, 5.74) is 2.30. The number of rotatable bonds is 9. The van der Waals surface area contributed by atoms with E-state index in [0.717, 1.165) is 17.2 Å². The molecule has 0 fully saturated rings. The molecule has 3 rings (SSSR count). The number of benzene rings is 3. The van der Waals surface area contributed by atoms with Crippen molar-refractivity contribution in [3.8, 4) is 0 Å². The summed E-state index contributed by atoms with van der Waals surface area (Å²) in [6.45, 7) is 3.25. The molecule has 33 heavy (non-hydrogen) atoms. The molecule has 0 bridgehead atoms. The highest BCUT2D eigenvalue weighted by atomic mass is 35.5. The van der Waals surface area contributed by atoms with Gasteiger partial charge in [-0.3, -0.25) is 19.7 Å². The molecule has 0 saturated heterocycles. The van der Waals surface area contributed by atoms with E-state index in [0.29, 0.717) is 19.8 Å². The topological polar surface area (TPSA) is 111 Å². The van der Waals surface area contributed by atoms with Gasteiger partial charge in [0, 0.05) is 25.3 Å². The van der Waals surface area contributed by atoms with Crippen molar-refractivity contribution in [3.05, 3.63) is 104 Å². The van der Waals surface area contributed by atoms with E-state index in [1.165, 1.54) is 12.1 Å². The Morgan fingerprint density at radius 3 is 2.36 bits per heavy atom. The molecule has 0 atom stereocenters. The van der Waals surface area contributed by atoms with Gasteiger partial charge in [0.2, 0.25) is 0 Å². The maximum Gasteiger partial charge on any atom is 0.270 e. The fourth-order valence-electron chi connectivity index (χ4n) is 3.14. The van der Waals surface area contributed by atoms with Crippen LogP contribution in [0.4, 0.5) is 11.4 Å². The average Bonchev–Trinajstić information content (AvgIpc) is 2.81. The van der Waals surface area contributed by atoms with Crippen molar-refractivity contribution in [1.82, 2.24) is 5.32 Å². The number of hydrogen-bond acceptors (Lipinski definition) is 5. The van der Waals surface area contributed by atoms with Crippen LogP contribution in [0.2, 0.25) is 5.02 Å². The molecule has 9 heteroatoms. The quantitative estimate of drug-likeness (QED) is 0.341. The second-order valence-corrected chi connectivity index (χ2v) is 7.42. The molecule has 2 N–H and O–H groups in total. The highest BCUT2D eigenvalue weighted by Gasteiger charge is 2.18. The molecule has 0 aliphatic heterocycles. The van der Waals surface area contributed by atoms with E-state index in [1.54, 1.807) is 24.3 Å². The number of para-hydroxylation sites is 1. The number of anilines is 1. The third-order valence-corrected chi connectivity index (χ3v) is 5.16. The second-order valence-electron chi connectivity index (χ2n) is 7.01.